The number of amides is 1. The van der Waals surface area contributed by atoms with Gasteiger partial charge in [0.25, 0.3) is 5.91 Å². The van der Waals surface area contributed by atoms with E-state index in [0.29, 0.717) is 49.2 Å². The summed E-state index contributed by atoms with van der Waals surface area (Å²) >= 11 is 9.57. The summed E-state index contributed by atoms with van der Waals surface area (Å²) in [5, 5.41) is 0.186. The fourth-order valence-corrected chi connectivity index (χ4v) is 6.93. The van der Waals surface area contributed by atoms with Crippen molar-refractivity contribution < 1.29 is 17.6 Å². The molecule has 2 fully saturated rings. The van der Waals surface area contributed by atoms with Crippen LogP contribution in [0.5, 0.6) is 0 Å². The second kappa shape index (κ2) is 10.7. The van der Waals surface area contributed by atoms with Crippen LogP contribution in [-0.2, 0) is 10.0 Å². The van der Waals surface area contributed by atoms with Gasteiger partial charge < -0.3 is 9.80 Å². The highest BCUT2D eigenvalue weighted by Gasteiger charge is 2.34. The minimum atomic E-state index is -3.82. The Morgan fingerprint density at radius 1 is 0.946 bits per heavy atom. The van der Waals surface area contributed by atoms with Gasteiger partial charge in [-0.25, -0.2) is 12.8 Å². The normalized spacial score (nSPS) is 18.8. The Kier molecular flexibility index (Phi) is 7.58. The number of likely N-dealkylation sites (tertiary alicyclic amines) is 1. The monoisotopic (exact) mass is 605 g/mol. The Bertz CT molecular complexity index is 1420. The lowest BCUT2D eigenvalue weighted by Gasteiger charge is -2.35. The highest BCUT2D eigenvalue weighted by molar-refractivity contribution is 9.10. The van der Waals surface area contributed by atoms with Crippen LogP contribution in [0.1, 0.15) is 34.8 Å². The molecule has 6 nitrogen and oxygen atoms in total. The fraction of sp³-hybridized carbons (Fsp3) is 0.296. The van der Waals surface area contributed by atoms with Crippen LogP contribution in [0.15, 0.2) is 76.1 Å². The maximum absolute atomic E-state index is 14.2. The van der Waals surface area contributed by atoms with Crippen molar-refractivity contribution in [3.05, 3.63) is 93.2 Å². The fourth-order valence-electron chi connectivity index (χ4n) is 5.03. The number of anilines is 1. The minimum absolute atomic E-state index is 0.0406. The maximum Gasteiger partial charge on any atom is 0.255 e. The smallest absolute Gasteiger partial charge is 0.255 e. The molecule has 1 unspecified atom stereocenters. The molecule has 0 aliphatic carbocycles. The van der Waals surface area contributed by atoms with Crippen molar-refractivity contribution in [2.45, 2.75) is 23.8 Å². The number of nitrogens with zero attached hydrogens (tertiary/aromatic N) is 3. The number of halogens is 3. The zero-order valence-electron chi connectivity index (χ0n) is 20.0. The second-order valence-electron chi connectivity index (χ2n) is 9.20. The van der Waals surface area contributed by atoms with E-state index in [4.69, 9.17) is 11.6 Å². The zero-order valence-corrected chi connectivity index (χ0v) is 23.1. The lowest BCUT2D eigenvalue weighted by molar-refractivity contribution is 0.0735. The number of benzene rings is 3. The highest BCUT2D eigenvalue weighted by atomic mass is 79.9. The first-order valence-corrected chi connectivity index (χ1v) is 14.7. The lowest BCUT2D eigenvalue weighted by atomic mass is 10.0. The summed E-state index contributed by atoms with van der Waals surface area (Å²) in [6.45, 7) is 2.30. The van der Waals surface area contributed by atoms with E-state index in [1.807, 2.05) is 30.3 Å². The van der Waals surface area contributed by atoms with Crippen LogP contribution in [-0.4, -0.2) is 56.3 Å². The van der Waals surface area contributed by atoms with Gasteiger partial charge in [-0.05, 0) is 76.8 Å². The SMILES string of the molecule is O=C(c1cc(S(=O)(=O)N2CCN(c3ccccc3)CC2)ccc1Cl)N1CCCC1c1ccc(Br)c(F)c1. The van der Waals surface area contributed by atoms with Crippen molar-refractivity contribution in [3.8, 4) is 0 Å². The van der Waals surface area contributed by atoms with E-state index < -0.39 is 15.8 Å². The van der Waals surface area contributed by atoms with Gasteiger partial charge in [-0.2, -0.15) is 4.31 Å². The number of hydrogen-bond acceptors (Lipinski definition) is 4. The predicted octanol–water partition coefficient (Wildman–Crippen LogP) is 5.73. The average molecular weight is 607 g/mol. The molecule has 1 atom stereocenters. The van der Waals surface area contributed by atoms with Gasteiger partial charge in [-0.15, -0.1) is 0 Å². The molecule has 3 aromatic carbocycles. The molecule has 1 amide bonds. The summed E-state index contributed by atoms with van der Waals surface area (Å²) < 4.78 is 43.0. The molecule has 5 rings (SSSR count). The van der Waals surface area contributed by atoms with E-state index in [0.717, 1.165) is 12.1 Å². The molecule has 0 N–H and O–H groups in total. The minimum Gasteiger partial charge on any atom is -0.369 e. The third kappa shape index (κ3) is 5.27. The third-order valence-electron chi connectivity index (χ3n) is 7.01. The summed E-state index contributed by atoms with van der Waals surface area (Å²) in [5.74, 6) is -0.753. The largest absolute Gasteiger partial charge is 0.369 e. The van der Waals surface area contributed by atoms with E-state index in [9.17, 15) is 17.6 Å². The van der Waals surface area contributed by atoms with E-state index in [2.05, 4.69) is 20.8 Å². The molecule has 2 saturated heterocycles. The van der Waals surface area contributed by atoms with Gasteiger partial charge in [-0.3, -0.25) is 4.79 Å². The van der Waals surface area contributed by atoms with Crippen LogP contribution < -0.4 is 4.90 Å². The molecule has 194 valence electrons. The van der Waals surface area contributed by atoms with Gasteiger partial charge >= 0.3 is 0 Å². The Balaban J connectivity index is 1.36. The quantitative estimate of drug-likeness (QED) is 0.372. The first-order valence-electron chi connectivity index (χ1n) is 12.1. The Morgan fingerprint density at radius 2 is 1.68 bits per heavy atom. The van der Waals surface area contributed by atoms with Crippen LogP contribution in [0.2, 0.25) is 5.02 Å². The van der Waals surface area contributed by atoms with E-state index in [1.165, 1.54) is 28.6 Å². The maximum atomic E-state index is 14.2. The Hall–Kier alpha value is -2.46. The Labute approximate surface area is 229 Å². The lowest BCUT2D eigenvalue weighted by Crippen LogP contribution is -2.48. The number of para-hydroxylation sites is 1. The molecule has 10 heteroatoms. The molecule has 3 aromatic rings. The van der Waals surface area contributed by atoms with E-state index in [1.54, 1.807) is 17.0 Å². The molecule has 2 aliphatic rings. The van der Waals surface area contributed by atoms with Gasteiger partial charge in [-0.1, -0.05) is 35.9 Å². The van der Waals surface area contributed by atoms with Crippen LogP contribution in [0.3, 0.4) is 0 Å². The zero-order chi connectivity index (χ0) is 26.2. The molecule has 0 saturated carbocycles. The molecule has 0 aromatic heterocycles. The molecule has 2 aliphatic heterocycles. The highest BCUT2D eigenvalue weighted by Crippen LogP contribution is 2.36. The van der Waals surface area contributed by atoms with Crippen molar-refractivity contribution in [3.63, 3.8) is 0 Å². The van der Waals surface area contributed by atoms with Crippen LogP contribution in [0.4, 0.5) is 10.1 Å². The van der Waals surface area contributed by atoms with Crippen molar-refractivity contribution >= 4 is 49.1 Å². The van der Waals surface area contributed by atoms with Crippen molar-refractivity contribution in [1.29, 1.82) is 0 Å². The van der Waals surface area contributed by atoms with Gasteiger partial charge in [0, 0.05) is 38.4 Å². The molecular weight excluding hydrogens is 581 g/mol. The number of hydrogen-bond donors (Lipinski definition) is 0. The Morgan fingerprint density at radius 3 is 2.38 bits per heavy atom. The van der Waals surface area contributed by atoms with Gasteiger partial charge in [0.05, 0.1) is 26.0 Å². The number of carbonyl (C=O) groups is 1. The van der Waals surface area contributed by atoms with Crippen LogP contribution in [0, 0.1) is 5.82 Å². The van der Waals surface area contributed by atoms with Crippen molar-refractivity contribution in [2.24, 2.45) is 0 Å². The van der Waals surface area contributed by atoms with Crippen LogP contribution >= 0.6 is 27.5 Å². The number of rotatable bonds is 5. The van der Waals surface area contributed by atoms with Gasteiger partial charge in [0.2, 0.25) is 10.0 Å². The first-order chi connectivity index (χ1) is 17.8. The molecular formula is C27H26BrClFN3O3S. The van der Waals surface area contributed by atoms with Crippen LogP contribution in [0.25, 0.3) is 0 Å². The summed E-state index contributed by atoms with van der Waals surface area (Å²) in [6, 6.07) is 18.7. The number of carbonyl (C=O) groups excluding carboxylic acids is 1. The number of sulfonamides is 1. The summed E-state index contributed by atoms with van der Waals surface area (Å²) in [6.07, 6.45) is 1.45. The van der Waals surface area contributed by atoms with Gasteiger partial charge in [0.15, 0.2) is 0 Å². The van der Waals surface area contributed by atoms with E-state index in [-0.39, 0.29) is 27.4 Å². The standard InChI is InChI=1S/C27H26BrClFN3O3S/c28-23-10-8-19(17-25(23)30)26-7-4-12-33(26)27(34)22-18-21(9-11-24(22)29)37(35,36)32-15-13-31(14-16-32)20-5-2-1-3-6-20/h1-3,5-6,8-11,17-18,26H,4,7,12-16H2. The second-order valence-corrected chi connectivity index (χ2v) is 12.4. The third-order valence-corrected chi connectivity index (χ3v) is 9.88. The topological polar surface area (TPSA) is 60.9 Å². The van der Waals surface area contributed by atoms with E-state index >= 15 is 0 Å². The molecule has 2 heterocycles. The first kappa shape index (κ1) is 26.2. The summed E-state index contributed by atoms with van der Waals surface area (Å²) in [7, 11) is -3.82. The molecule has 37 heavy (non-hydrogen) atoms. The molecule has 0 radical (unpaired) electrons. The molecule has 0 bridgehead atoms. The predicted molar refractivity (Wildman–Crippen MR) is 146 cm³/mol. The van der Waals surface area contributed by atoms with Crippen molar-refractivity contribution in [2.75, 3.05) is 37.6 Å². The molecule has 0 spiro atoms. The summed E-state index contributed by atoms with van der Waals surface area (Å²) in [5.41, 5.74) is 1.89. The average Bonchev–Trinajstić information content (AvgIpc) is 3.41. The van der Waals surface area contributed by atoms with Gasteiger partial charge in [0.1, 0.15) is 5.82 Å². The number of piperazine rings is 1. The summed E-state index contributed by atoms with van der Waals surface area (Å²) in [4.78, 5) is 17.4. The van der Waals surface area contributed by atoms with Crippen molar-refractivity contribution in [1.82, 2.24) is 9.21 Å².